The molecule has 2 fully saturated rings. The van der Waals surface area contributed by atoms with E-state index in [1.807, 2.05) is 9.80 Å². The summed E-state index contributed by atoms with van der Waals surface area (Å²) in [5.41, 5.74) is 0.330. The van der Waals surface area contributed by atoms with E-state index in [0.717, 1.165) is 52.2 Å². The van der Waals surface area contributed by atoms with Crippen LogP contribution in [-0.4, -0.2) is 66.5 Å². The van der Waals surface area contributed by atoms with Gasteiger partial charge in [0, 0.05) is 38.1 Å². The molecule has 0 aromatic rings. The summed E-state index contributed by atoms with van der Waals surface area (Å²) in [5, 5.41) is 0. The van der Waals surface area contributed by atoms with Crippen molar-refractivity contribution >= 4 is 6.03 Å². The molecule has 0 aromatic heterocycles. The van der Waals surface area contributed by atoms with Gasteiger partial charge in [0.15, 0.2) is 0 Å². The standard InChI is InChI=1S/C13H25N3O/c1-4-14-6-5-7-15(9-8-14)12(17)16-10-13(2,3)11-16/h4-11H2,1-3H3. The minimum Gasteiger partial charge on any atom is -0.323 e. The molecule has 17 heavy (non-hydrogen) atoms. The van der Waals surface area contributed by atoms with Crippen molar-refractivity contribution in [2.24, 2.45) is 5.41 Å². The Morgan fingerprint density at radius 3 is 2.35 bits per heavy atom. The molecule has 0 N–H and O–H groups in total. The highest BCUT2D eigenvalue weighted by atomic mass is 16.2. The molecule has 0 radical (unpaired) electrons. The van der Waals surface area contributed by atoms with Gasteiger partial charge in [-0.15, -0.1) is 0 Å². The molecule has 0 spiro atoms. The fraction of sp³-hybridized carbons (Fsp3) is 0.923. The molecule has 0 bridgehead atoms. The van der Waals surface area contributed by atoms with Gasteiger partial charge in [0.2, 0.25) is 0 Å². The molecule has 4 heteroatoms. The van der Waals surface area contributed by atoms with Crippen LogP contribution in [0.5, 0.6) is 0 Å². The molecular weight excluding hydrogens is 214 g/mol. The lowest BCUT2D eigenvalue weighted by Crippen LogP contribution is -2.59. The summed E-state index contributed by atoms with van der Waals surface area (Å²) in [6.07, 6.45) is 1.11. The Hall–Kier alpha value is -0.770. The van der Waals surface area contributed by atoms with Gasteiger partial charge >= 0.3 is 6.03 Å². The molecule has 0 aliphatic carbocycles. The number of hydrogen-bond acceptors (Lipinski definition) is 2. The number of likely N-dealkylation sites (tertiary alicyclic amines) is 1. The quantitative estimate of drug-likeness (QED) is 0.693. The van der Waals surface area contributed by atoms with E-state index in [9.17, 15) is 4.79 Å². The molecule has 2 heterocycles. The van der Waals surface area contributed by atoms with Crippen molar-refractivity contribution in [3.63, 3.8) is 0 Å². The van der Waals surface area contributed by atoms with Gasteiger partial charge in [-0.3, -0.25) is 0 Å². The Labute approximate surface area is 105 Å². The first-order valence-corrected chi connectivity index (χ1v) is 6.78. The maximum absolute atomic E-state index is 12.2. The summed E-state index contributed by atoms with van der Waals surface area (Å²) < 4.78 is 0. The normalized spacial score (nSPS) is 25.4. The second kappa shape index (κ2) is 4.84. The summed E-state index contributed by atoms with van der Waals surface area (Å²) in [5.74, 6) is 0. The number of carbonyl (C=O) groups is 1. The van der Waals surface area contributed by atoms with Gasteiger partial charge < -0.3 is 14.7 Å². The molecule has 2 saturated heterocycles. The third-order valence-corrected chi connectivity index (χ3v) is 3.81. The monoisotopic (exact) mass is 239 g/mol. The minimum absolute atomic E-state index is 0.252. The fourth-order valence-electron chi connectivity index (χ4n) is 2.80. The smallest absolute Gasteiger partial charge is 0.320 e. The predicted molar refractivity (Wildman–Crippen MR) is 69.1 cm³/mol. The van der Waals surface area contributed by atoms with Crippen LogP contribution in [0.1, 0.15) is 27.2 Å². The first-order chi connectivity index (χ1) is 8.02. The summed E-state index contributed by atoms with van der Waals surface area (Å²) >= 11 is 0. The summed E-state index contributed by atoms with van der Waals surface area (Å²) in [7, 11) is 0. The first-order valence-electron chi connectivity index (χ1n) is 6.78. The van der Waals surface area contributed by atoms with Crippen LogP contribution in [0.15, 0.2) is 0 Å². The van der Waals surface area contributed by atoms with Gasteiger partial charge in [-0.05, 0) is 19.5 Å². The van der Waals surface area contributed by atoms with Crippen LogP contribution in [0.3, 0.4) is 0 Å². The van der Waals surface area contributed by atoms with E-state index in [1.165, 1.54) is 0 Å². The molecule has 2 rings (SSSR count). The fourth-order valence-corrected chi connectivity index (χ4v) is 2.80. The van der Waals surface area contributed by atoms with E-state index in [2.05, 4.69) is 25.7 Å². The van der Waals surface area contributed by atoms with Crippen LogP contribution in [0, 0.1) is 5.41 Å². The Morgan fingerprint density at radius 2 is 1.76 bits per heavy atom. The second-order valence-electron chi connectivity index (χ2n) is 6.08. The molecule has 4 nitrogen and oxygen atoms in total. The van der Waals surface area contributed by atoms with Crippen molar-refractivity contribution in [1.82, 2.24) is 14.7 Å². The van der Waals surface area contributed by atoms with Gasteiger partial charge in [0.25, 0.3) is 0 Å². The van der Waals surface area contributed by atoms with Crippen LogP contribution in [0.4, 0.5) is 4.79 Å². The lowest BCUT2D eigenvalue weighted by atomic mass is 9.85. The van der Waals surface area contributed by atoms with Crippen LogP contribution in [0.2, 0.25) is 0 Å². The van der Waals surface area contributed by atoms with Crippen LogP contribution < -0.4 is 0 Å². The molecule has 98 valence electrons. The number of carbonyl (C=O) groups excluding carboxylic acids is 1. The maximum atomic E-state index is 12.2. The second-order valence-corrected chi connectivity index (χ2v) is 6.08. The van der Waals surface area contributed by atoms with E-state index in [1.54, 1.807) is 0 Å². The van der Waals surface area contributed by atoms with E-state index in [-0.39, 0.29) is 6.03 Å². The molecule has 0 unspecified atom stereocenters. The highest BCUT2D eigenvalue weighted by molar-refractivity contribution is 5.75. The van der Waals surface area contributed by atoms with Gasteiger partial charge in [0.05, 0.1) is 0 Å². The molecule has 0 saturated carbocycles. The number of likely N-dealkylation sites (N-methyl/N-ethyl adjacent to an activating group) is 1. The minimum atomic E-state index is 0.252. The van der Waals surface area contributed by atoms with Crippen molar-refractivity contribution in [1.29, 1.82) is 0 Å². The molecule has 2 amide bonds. The van der Waals surface area contributed by atoms with Crippen molar-refractivity contribution < 1.29 is 4.79 Å². The largest absolute Gasteiger partial charge is 0.323 e. The lowest BCUT2D eigenvalue weighted by molar-refractivity contribution is 0.0430. The Morgan fingerprint density at radius 1 is 1.06 bits per heavy atom. The topological polar surface area (TPSA) is 26.8 Å². The Balaban J connectivity index is 1.84. The third-order valence-electron chi connectivity index (χ3n) is 3.81. The number of hydrogen-bond donors (Lipinski definition) is 0. The zero-order valence-corrected chi connectivity index (χ0v) is 11.4. The predicted octanol–water partition coefficient (Wildman–Crippen LogP) is 1.48. The average molecular weight is 239 g/mol. The van der Waals surface area contributed by atoms with Crippen molar-refractivity contribution in [3.05, 3.63) is 0 Å². The van der Waals surface area contributed by atoms with E-state index in [0.29, 0.717) is 5.41 Å². The highest BCUT2D eigenvalue weighted by Crippen LogP contribution is 2.29. The number of nitrogens with zero attached hydrogens (tertiary/aromatic N) is 3. The maximum Gasteiger partial charge on any atom is 0.320 e. The molecule has 0 aromatic carbocycles. The molecule has 2 aliphatic rings. The SMILES string of the molecule is CCN1CCCN(C(=O)N2CC(C)(C)C2)CC1. The molecular formula is C13H25N3O. The summed E-state index contributed by atoms with van der Waals surface area (Å²) in [6.45, 7) is 13.5. The van der Waals surface area contributed by atoms with Crippen molar-refractivity contribution in [2.75, 3.05) is 45.8 Å². The molecule has 0 atom stereocenters. The Kier molecular flexibility index (Phi) is 3.61. The van der Waals surface area contributed by atoms with Gasteiger partial charge in [-0.1, -0.05) is 20.8 Å². The van der Waals surface area contributed by atoms with Crippen LogP contribution in [-0.2, 0) is 0 Å². The lowest BCUT2D eigenvalue weighted by Gasteiger charge is -2.47. The van der Waals surface area contributed by atoms with E-state index in [4.69, 9.17) is 0 Å². The van der Waals surface area contributed by atoms with Gasteiger partial charge in [-0.25, -0.2) is 4.79 Å². The summed E-state index contributed by atoms with van der Waals surface area (Å²) in [6, 6.07) is 0.252. The van der Waals surface area contributed by atoms with Crippen LogP contribution >= 0.6 is 0 Å². The van der Waals surface area contributed by atoms with Crippen molar-refractivity contribution in [2.45, 2.75) is 27.2 Å². The van der Waals surface area contributed by atoms with Gasteiger partial charge in [-0.2, -0.15) is 0 Å². The number of urea groups is 1. The number of rotatable bonds is 1. The molecule has 2 aliphatic heterocycles. The van der Waals surface area contributed by atoms with E-state index >= 15 is 0 Å². The zero-order valence-electron chi connectivity index (χ0n) is 11.4. The highest BCUT2D eigenvalue weighted by Gasteiger charge is 2.39. The van der Waals surface area contributed by atoms with E-state index < -0.39 is 0 Å². The third kappa shape index (κ3) is 2.92. The summed E-state index contributed by atoms with van der Waals surface area (Å²) in [4.78, 5) is 18.7. The van der Waals surface area contributed by atoms with Crippen molar-refractivity contribution in [3.8, 4) is 0 Å². The number of amides is 2. The van der Waals surface area contributed by atoms with Gasteiger partial charge in [0.1, 0.15) is 0 Å². The first kappa shape index (κ1) is 12.7. The average Bonchev–Trinajstić information content (AvgIpc) is 2.49. The van der Waals surface area contributed by atoms with Crippen LogP contribution in [0.25, 0.3) is 0 Å². The zero-order chi connectivity index (χ0) is 12.5. The Bertz CT molecular complexity index is 282.